The Morgan fingerprint density at radius 2 is 2.06 bits per heavy atom. The van der Waals surface area contributed by atoms with Crippen LogP contribution in [0.15, 0.2) is 35.5 Å². The molecule has 0 unspecified atom stereocenters. The molecule has 0 saturated heterocycles. The summed E-state index contributed by atoms with van der Waals surface area (Å²) >= 11 is 1.82. The predicted molar refractivity (Wildman–Crippen MR) is 69.8 cm³/mol. The van der Waals surface area contributed by atoms with E-state index in [9.17, 15) is 0 Å². The van der Waals surface area contributed by atoms with Crippen LogP contribution in [0.25, 0.3) is 10.8 Å². The second kappa shape index (κ2) is 5.85. The Labute approximate surface area is 100 Å². The first-order chi connectivity index (χ1) is 7.92. The van der Waals surface area contributed by atoms with Gasteiger partial charge in [0.05, 0.1) is 6.20 Å². The van der Waals surface area contributed by atoms with Crippen LogP contribution in [0.1, 0.15) is 26.2 Å². The number of aromatic nitrogens is 2. The molecule has 1 aromatic heterocycles. The van der Waals surface area contributed by atoms with Crippen molar-refractivity contribution in [2.45, 2.75) is 31.2 Å². The van der Waals surface area contributed by atoms with Gasteiger partial charge in [-0.1, -0.05) is 44.0 Å². The quantitative estimate of drug-likeness (QED) is 0.577. The highest BCUT2D eigenvalue weighted by Gasteiger charge is 2.02. The van der Waals surface area contributed by atoms with Gasteiger partial charge in [0, 0.05) is 10.8 Å². The molecule has 0 spiro atoms. The Hall–Kier alpha value is -1.09. The third-order valence-electron chi connectivity index (χ3n) is 2.52. The van der Waals surface area contributed by atoms with E-state index in [0.717, 1.165) is 10.8 Å². The molecule has 3 heteroatoms. The molecule has 0 N–H and O–H groups in total. The molecule has 0 amide bonds. The zero-order valence-electron chi connectivity index (χ0n) is 9.52. The first kappa shape index (κ1) is 11.4. The van der Waals surface area contributed by atoms with Gasteiger partial charge in [0.2, 0.25) is 0 Å². The molecule has 0 bridgehead atoms. The number of rotatable bonds is 5. The second-order valence-electron chi connectivity index (χ2n) is 3.79. The van der Waals surface area contributed by atoms with E-state index in [0.29, 0.717) is 0 Å². The van der Waals surface area contributed by atoms with E-state index in [1.807, 2.05) is 24.0 Å². The summed E-state index contributed by atoms with van der Waals surface area (Å²) in [7, 11) is 0. The lowest BCUT2D eigenvalue weighted by molar-refractivity contribution is 0.778. The van der Waals surface area contributed by atoms with Crippen LogP contribution < -0.4 is 0 Å². The van der Waals surface area contributed by atoms with E-state index >= 15 is 0 Å². The lowest BCUT2D eigenvalue weighted by atomic mass is 10.2. The maximum Gasteiger partial charge on any atom is 0.127 e. The minimum absolute atomic E-state index is 1.06. The summed E-state index contributed by atoms with van der Waals surface area (Å²) in [5.41, 5.74) is 0. The molecule has 1 heterocycles. The van der Waals surface area contributed by atoms with Crippen molar-refractivity contribution in [3.8, 4) is 0 Å². The minimum Gasteiger partial charge on any atom is -0.157 e. The first-order valence-corrected chi connectivity index (χ1v) is 6.73. The molecule has 1 aromatic carbocycles. The van der Waals surface area contributed by atoms with E-state index in [1.54, 1.807) is 0 Å². The van der Waals surface area contributed by atoms with Crippen molar-refractivity contribution in [3.05, 3.63) is 30.5 Å². The standard InChI is InChI=1S/C13H16N2S/c1-2-3-6-9-16-13-12-8-5-4-7-11(12)10-14-15-13/h4-5,7-8,10H,2-3,6,9H2,1H3. The van der Waals surface area contributed by atoms with Crippen LogP contribution in [-0.4, -0.2) is 16.0 Å². The van der Waals surface area contributed by atoms with Gasteiger partial charge in [-0.15, -0.1) is 16.9 Å². The summed E-state index contributed by atoms with van der Waals surface area (Å²) in [6.07, 6.45) is 5.64. The maximum atomic E-state index is 4.22. The van der Waals surface area contributed by atoms with Crippen LogP contribution in [0.4, 0.5) is 0 Å². The summed E-state index contributed by atoms with van der Waals surface area (Å²) in [6, 6.07) is 8.29. The van der Waals surface area contributed by atoms with Gasteiger partial charge in [0.15, 0.2) is 0 Å². The Bertz CT molecular complexity index is 451. The van der Waals surface area contributed by atoms with Gasteiger partial charge in [-0.2, -0.15) is 5.10 Å². The third kappa shape index (κ3) is 2.73. The van der Waals surface area contributed by atoms with Gasteiger partial charge in [0.25, 0.3) is 0 Å². The molecule has 0 aliphatic heterocycles. The van der Waals surface area contributed by atoms with Gasteiger partial charge in [-0.05, 0) is 12.2 Å². The summed E-state index contributed by atoms with van der Waals surface area (Å²) in [5.74, 6) is 1.14. The monoisotopic (exact) mass is 232 g/mol. The van der Waals surface area contributed by atoms with Crippen molar-refractivity contribution >= 4 is 22.5 Å². The van der Waals surface area contributed by atoms with E-state index in [1.165, 1.54) is 30.0 Å². The van der Waals surface area contributed by atoms with Gasteiger partial charge in [-0.25, -0.2) is 0 Å². The summed E-state index contributed by atoms with van der Waals surface area (Å²) < 4.78 is 0. The van der Waals surface area contributed by atoms with Crippen LogP contribution in [0.3, 0.4) is 0 Å². The highest BCUT2D eigenvalue weighted by atomic mass is 32.2. The molecule has 2 nitrogen and oxygen atoms in total. The zero-order chi connectivity index (χ0) is 11.2. The van der Waals surface area contributed by atoms with Crippen LogP contribution in [-0.2, 0) is 0 Å². The van der Waals surface area contributed by atoms with Gasteiger partial charge < -0.3 is 0 Å². The average Bonchev–Trinajstić information content (AvgIpc) is 2.35. The van der Waals surface area contributed by atoms with Gasteiger partial charge in [0.1, 0.15) is 5.03 Å². The summed E-state index contributed by atoms with van der Waals surface area (Å²) in [6.45, 7) is 2.22. The van der Waals surface area contributed by atoms with E-state index in [2.05, 4.69) is 35.3 Å². The fourth-order valence-corrected chi connectivity index (χ4v) is 2.62. The number of unbranched alkanes of at least 4 members (excludes halogenated alkanes) is 2. The first-order valence-electron chi connectivity index (χ1n) is 5.75. The fourth-order valence-electron chi connectivity index (χ4n) is 1.63. The second-order valence-corrected chi connectivity index (χ2v) is 4.88. The van der Waals surface area contributed by atoms with Crippen molar-refractivity contribution in [2.24, 2.45) is 0 Å². The number of hydrogen-bond acceptors (Lipinski definition) is 3. The highest BCUT2D eigenvalue weighted by molar-refractivity contribution is 7.99. The lowest BCUT2D eigenvalue weighted by Gasteiger charge is -2.03. The van der Waals surface area contributed by atoms with E-state index in [-0.39, 0.29) is 0 Å². The Balaban J connectivity index is 2.11. The maximum absolute atomic E-state index is 4.22. The smallest absolute Gasteiger partial charge is 0.127 e. The molecular formula is C13H16N2S. The van der Waals surface area contributed by atoms with Crippen LogP contribution >= 0.6 is 11.8 Å². The molecule has 0 saturated carbocycles. The number of fused-ring (bicyclic) bond motifs is 1. The SMILES string of the molecule is CCCCCSc1nncc2ccccc12. The number of hydrogen-bond donors (Lipinski definition) is 0. The minimum atomic E-state index is 1.06. The van der Waals surface area contributed by atoms with Gasteiger partial charge >= 0.3 is 0 Å². The molecule has 0 atom stereocenters. The van der Waals surface area contributed by atoms with Crippen molar-refractivity contribution in [1.29, 1.82) is 0 Å². The molecule has 0 aliphatic rings. The van der Waals surface area contributed by atoms with Crippen LogP contribution in [0.2, 0.25) is 0 Å². The van der Waals surface area contributed by atoms with E-state index < -0.39 is 0 Å². The number of nitrogens with zero attached hydrogens (tertiary/aromatic N) is 2. The molecule has 0 radical (unpaired) electrons. The Morgan fingerprint density at radius 1 is 1.19 bits per heavy atom. The third-order valence-corrected chi connectivity index (χ3v) is 3.59. The van der Waals surface area contributed by atoms with Crippen molar-refractivity contribution in [3.63, 3.8) is 0 Å². The fraction of sp³-hybridized carbons (Fsp3) is 0.385. The largest absolute Gasteiger partial charge is 0.157 e. The Kier molecular flexibility index (Phi) is 4.17. The van der Waals surface area contributed by atoms with Crippen molar-refractivity contribution in [1.82, 2.24) is 10.2 Å². The highest BCUT2D eigenvalue weighted by Crippen LogP contribution is 2.25. The van der Waals surface area contributed by atoms with Crippen molar-refractivity contribution in [2.75, 3.05) is 5.75 Å². The number of thioether (sulfide) groups is 1. The molecular weight excluding hydrogens is 216 g/mol. The molecule has 0 aliphatic carbocycles. The molecule has 0 fully saturated rings. The Morgan fingerprint density at radius 3 is 2.94 bits per heavy atom. The molecule has 2 rings (SSSR count). The molecule has 84 valence electrons. The van der Waals surface area contributed by atoms with E-state index in [4.69, 9.17) is 0 Å². The lowest BCUT2D eigenvalue weighted by Crippen LogP contribution is -1.88. The summed E-state index contributed by atoms with van der Waals surface area (Å²) in [5, 5.41) is 11.7. The normalized spacial score (nSPS) is 10.8. The zero-order valence-corrected chi connectivity index (χ0v) is 10.3. The number of benzene rings is 1. The van der Waals surface area contributed by atoms with Crippen LogP contribution in [0, 0.1) is 0 Å². The predicted octanol–water partition coefficient (Wildman–Crippen LogP) is 3.91. The topological polar surface area (TPSA) is 25.8 Å². The summed E-state index contributed by atoms with van der Waals surface area (Å²) in [4.78, 5) is 0. The molecule has 2 aromatic rings. The molecule has 16 heavy (non-hydrogen) atoms. The van der Waals surface area contributed by atoms with Crippen LogP contribution in [0.5, 0.6) is 0 Å². The van der Waals surface area contributed by atoms with Gasteiger partial charge in [-0.3, -0.25) is 0 Å². The average molecular weight is 232 g/mol. The van der Waals surface area contributed by atoms with Crippen molar-refractivity contribution < 1.29 is 0 Å².